The number of piperazine rings is 2. The van der Waals surface area contributed by atoms with Crippen LogP contribution in [0.15, 0.2) is 29.4 Å². The van der Waals surface area contributed by atoms with Gasteiger partial charge in [0.25, 0.3) is 0 Å². The zero-order valence-corrected chi connectivity index (χ0v) is 24.8. The molecule has 0 spiro atoms. The Morgan fingerprint density at radius 3 is 2.60 bits per heavy atom. The molecule has 2 fully saturated rings. The summed E-state index contributed by atoms with van der Waals surface area (Å²) >= 11 is 7.66. The first-order valence-corrected chi connectivity index (χ1v) is 15.4. The number of thioether (sulfide) groups is 1. The summed E-state index contributed by atoms with van der Waals surface area (Å²) in [6, 6.07) is 7.90. The van der Waals surface area contributed by atoms with Gasteiger partial charge in [0.1, 0.15) is 11.0 Å². The standard InChI is InChI=1S/C28H37ClN6O4S/c1-3-4-5-26(36)35-13-12-34(16-20(35)2)25-15-24(29)30-28(31-25)40-18-27(37)33-10-8-32(9-11-33)17-21-6-7-22-23(14-21)39-19-38-22/h6-7,14-15,20H,3-5,8-13,16-19H2,1-2H3. The predicted molar refractivity (Wildman–Crippen MR) is 155 cm³/mol. The van der Waals surface area contributed by atoms with Gasteiger partial charge in [-0.1, -0.05) is 42.8 Å². The molecule has 1 aromatic carbocycles. The van der Waals surface area contributed by atoms with Crippen molar-refractivity contribution < 1.29 is 19.1 Å². The van der Waals surface area contributed by atoms with Crippen molar-refractivity contribution in [3.63, 3.8) is 0 Å². The van der Waals surface area contributed by atoms with Gasteiger partial charge in [0, 0.05) is 70.9 Å². The monoisotopic (exact) mass is 588 g/mol. The Hall–Kier alpha value is -2.76. The summed E-state index contributed by atoms with van der Waals surface area (Å²) < 4.78 is 10.9. The molecule has 1 aromatic heterocycles. The Morgan fingerprint density at radius 1 is 1.02 bits per heavy atom. The summed E-state index contributed by atoms with van der Waals surface area (Å²) in [6.45, 7) is 10.3. The summed E-state index contributed by atoms with van der Waals surface area (Å²) in [7, 11) is 0. The van der Waals surface area contributed by atoms with Crippen molar-refractivity contribution >= 4 is 41.0 Å². The number of ether oxygens (including phenoxy) is 2. The highest BCUT2D eigenvalue weighted by Gasteiger charge is 2.28. The second kappa shape index (κ2) is 13.3. The molecule has 4 heterocycles. The van der Waals surface area contributed by atoms with E-state index in [1.54, 1.807) is 6.07 Å². The minimum absolute atomic E-state index is 0.0747. The van der Waals surface area contributed by atoms with Crippen LogP contribution >= 0.6 is 23.4 Å². The van der Waals surface area contributed by atoms with E-state index in [-0.39, 0.29) is 30.4 Å². The fourth-order valence-electron chi connectivity index (χ4n) is 5.29. The summed E-state index contributed by atoms with van der Waals surface area (Å²) in [5.74, 6) is 2.88. The largest absolute Gasteiger partial charge is 0.454 e. The number of hydrogen-bond donors (Lipinski definition) is 0. The Labute approximate surface area is 244 Å². The van der Waals surface area contributed by atoms with Crippen LogP contribution < -0.4 is 14.4 Å². The summed E-state index contributed by atoms with van der Waals surface area (Å²) in [5, 5.41) is 0.845. The quantitative estimate of drug-likeness (QED) is 0.248. The molecule has 0 aliphatic carbocycles. The molecular weight excluding hydrogens is 552 g/mol. The first kappa shape index (κ1) is 28.8. The number of unbranched alkanes of at least 4 members (excludes halogenated alkanes) is 1. The third-order valence-corrected chi connectivity index (χ3v) is 8.60. The number of nitrogens with zero attached hydrogens (tertiary/aromatic N) is 6. The van der Waals surface area contributed by atoms with Crippen LogP contribution in [0.3, 0.4) is 0 Å². The third kappa shape index (κ3) is 7.11. The van der Waals surface area contributed by atoms with E-state index < -0.39 is 0 Å². The molecule has 1 atom stereocenters. The Kier molecular flexibility index (Phi) is 9.54. The van der Waals surface area contributed by atoms with Gasteiger partial charge >= 0.3 is 0 Å². The fraction of sp³-hybridized carbons (Fsp3) is 0.571. The number of anilines is 1. The number of rotatable bonds is 9. The van der Waals surface area contributed by atoms with Crippen molar-refractivity contribution in [1.82, 2.24) is 24.7 Å². The smallest absolute Gasteiger partial charge is 0.233 e. The second-order valence-corrected chi connectivity index (χ2v) is 11.8. The third-order valence-electron chi connectivity index (χ3n) is 7.57. The Bertz CT molecular complexity index is 1210. The first-order chi connectivity index (χ1) is 19.4. The number of aromatic nitrogens is 2. The maximum absolute atomic E-state index is 13.0. The zero-order valence-electron chi connectivity index (χ0n) is 23.2. The Balaban J connectivity index is 1.09. The van der Waals surface area contributed by atoms with Gasteiger partial charge in [-0.05, 0) is 31.0 Å². The molecule has 216 valence electrons. The molecule has 2 amide bonds. The van der Waals surface area contributed by atoms with Crippen molar-refractivity contribution in [1.29, 1.82) is 0 Å². The van der Waals surface area contributed by atoms with Crippen LogP contribution in [-0.2, 0) is 16.1 Å². The highest BCUT2D eigenvalue weighted by atomic mass is 35.5. The molecule has 12 heteroatoms. The number of halogens is 1. The van der Waals surface area contributed by atoms with E-state index in [0.29, 0.717) is 49.5 Å². The molecule has 2 saturated heterocycles. The average Bonchev–Trinajstić information content (AvgIpc) is 3.43. The normalized spacial score (nSPS) is 19.3. The van der Waals surface area contributed by atoms with E-state index in [4.69, 9.17) is 26.1 Å². The second-order valence-electron chi connectivity index (χ2n) is 10.5. The average molecular weight is 589 g/mol. The lowest BCUT2D eigenvalue weighted by Crippen LogP contribution is -2.54. The summed E-state index contributed by atoms with van der Waals surface area (Å²) in [4.78, 5) is 42.9. The molecule has 0 N–H and O–H groups in total. The first-order valence-electron chi connectivity index (χ1n) is 14.0. The fourth-order valence-corrected chi connectivity index (χ4v) is 6.27. The number of amides is 2. The van der Waals surface area contributed by atoms with Crippen molar-refractivity contribution in [3.05, 3.63) is 35.0 Å². The van der Waals surface area contributed by atoms with Gasteiger partial charge in [0.15, 0.2) is 16.7 Å². The Morgan fingerprint density at radius 2 is 1.82 bits per heavy atom. The van der Waals surface area contributed by atoms with Crippen LogP contribution in [0, 0.1) is 0 Å². The van der Waals surface area contributed by atoms with Crippen LogP contribution in [-0.4, -0.2) is 101 Å². The molecule has 5 rings (SSSR count). The number of hydrogen-bond acceptors (Lipinski definition) is 9. The van der Waals surface area contributed by atoms with E-state index in [2.05, 4.69) is 34.7 Å². The number of carbonyl (C=O) groups excluding carboxylic acids is 2. The number of carbonyl (C=O) groups is 2. The lowest BCUT2D eigenvalue weighted by molar-refractivity contribution is -0.133. The van der Waals surface area contributed by atoms with Crippen LogP contribution in [0.4, 0.5) is 5.82 Å². The van der Waals surface area contributed by atoms with Crippen molar-refractivity contribution in [2.45, 2.75) is 50.9 Å². The van der Waals surface area contributed by atoms with Gasteiger partial charge in [-0.3, -0.25) is 14.5 Å². The topological polar surface area (TPSA) is 91.3 Å². The van der Waals surface area contributed by atoms with Gasteiger partial charge in [0.2, 0.25) is 18.6 Å². The molecule has 2 aromatic rings. The summed E-state index contributed by atoms with van der Waals surface area (Å²) in [5.41, 5.74) is 1.17. The molecule has 0 radical (unpaired) electrons. The maximum atomic E-state index is 13.0. The van der Waals surface area contributed by atoms with E-state index in [9.17, 15) is 9.59 Å². The van der Waals surface area contributed by atoms with E-state index in [1.165, 1.54) is 17.3 Å². The van der Waals surface area contributed by atoms with E-state index in [0.717, 1.165) is 49.8 Å². The van der Waals surface area contributed by atoms with Gasteiger partial charge in [-0.25, -0.2) is 9.97 Å². The van der Waals surface area contributed by atoms with Crippen molar-refractivity contribution in [3.8, 4) is 11.5 Å². The van der Waals surface area contributed by atoms with Gasteiger partial charge in [0.05, 0.1) is 5.75 Å². The van der Waals surface area contributed by atoms with Gasteiger partial charge < -0.3 is 24.2 Å². The highest BCUT2D eigenvalue weighted by molar-refractivity contribution is 7.99. The SMILES string of the molecule is CCCCC(=O)N1CCN(c2cc(Cl)nc(SCC(=O)N3CCN(Cc4ccc5c(c4)OCO5)CC3)n2)CC1C. The molecule has 3 aliphatic rings. The van der Waals surface area contributed by atoms with Crippen LogP contribution in [0.1, 0.15) is 38.7 Å². The molecule has 0 saturated carbocycles. The van der Waals surface area contributed by atoms with Crippen LogP contribution in [0.5, 0.6) is 11.5 Å². The number of benzene rings is 1. The van der Waals surface area contributed by atoms with Crippen LogP contribution in [0.25, 0.3) is 0 Å². The minimum Gasteiger partial charge on any atom is -0.454 e. The molecule has 10 nitrogen and oxygen atoms in total. The lowest BCUT2D eigenvalue weighted by atomic mass is 10.1. The molecule has 40 heavy (non-hydrogen) atoms. The molecule has 3 aliphatic heterocycles. The van der Waals surface area contributed by atoms with E-state index in [1.807, 2.05) is 21.9 Å². The predicted octanol–water partition coefficient (Wildman–Crippen LogP) is 3.52. The van der Waals surface area contributed by atoms with Crippen molar-refractivity contribution in [2.24, 2.45) is 0 Å². The van der Waals surface area contributed by atoms with E-state index >= 15 is 0 Å². The molecule has 1 unspecified atom stereocenters. The number of fused-ring (bicyclic) bond motifs is 1. The summed E-state index contributed by atoms with van der Waals surface area (Å²) in [6.07, 6.45) is 2.54. The molecular formula is C28H37ClN6O4S. The minimum atomic E-state index is 0.0747. The van der Waals surface area contributed by atoms with Gasteiger partial charge in [-0.15, -0.1) is 0 Å². The molecule has 0 bridgehead atoms. The lowest BCUT2D eigenvalue weighted by Gasteiger charge is -2.40. The highest BCUT2D eigenvalue weighted by Crippen LogP contribution is 2.33. The maximum Gasteiger partial charge on any atom is 0.233 e. The van der Waals surface area contributed by atoms with Gasteiger partial charge in [-0.2, -0.15) is 0 Å². The van der Waals surface area contributed by atoms with Crippen LogP contribution in [0.2, 0.25) is 5.15 Å². The zero-order chi connectivity index (χ0) is 28.1. The van der Waals surface area contributed by atoms with Crippen molar-refractivity contribution in [2.75, 3.05) is 63.3 Å².